The molecule has 1 aromatic carbocycles. The highest BCUT2D eigenvalue weighted by Crippen LogP contribution is 2.10. The molecule has 0 aromatic heterocycles. The smallest absolute Gasteiger partial charge is 0.119 e. The Hall–Kier alpha value is -0.690. The van der Waals surface area contributed by atoms with Gasteiger partial charge in [-0.15, -0.1) is 12.4 Å². The van der Waals surface area contributed by atoms with Gasteiger partial charge in [-0.2, -0.15) is 0 Å². The van der Waals surface area contributed by atoms with Gasteiger partial charge in [0.05, 0.1) is 7.11 Å². The lowest BCUT2D eigenvalue weighted by molar-refractivity contribution is 0.414. The molecule has 0 radical (unpaired) electrons. The summed E-state index contributed by atoms with van der Waals surface area (Å²) in [7, 11) is 1.68. The van der Waals surface area contributed by atoms with Gasteiger partial charge in [0.25, 0.3) is 0 Å². The van der Waals surface area contributed by atoms with E-state index in [0.29, 0.717) is 0 Å². The van der Waals surface area contributed by atoms with E-state index in [0.717, 1.165) is 5.75 Å². The molecular weight excluding hydrogens is 148 g/mol. The van der Waals surface area contributed by atoms with Crippen molar-refractivity contribution < 1.29 is 4.74 Å². The summed E-state index contributed by atoms with van der Waals surface area (Å²) in [6, 6.07) is 7.96. The number of rotatable bonds is 1. The molecule has 0 aliphatic rings. The van der Waals surface area contributed by atoms with Gasteiger partial charge in [-0.1, -0.05) is 12.1 Å². The Labute approximate surface area is 67.4 Å². The molecular formula is C8H11ClO. The molecule has 0 bridgehead atoms. The molecule has 0 N–H and O–H groups in total. The molecule has 0 amide bonds. The van der Waals surface area contributed by atoms with Gasteiger partial charge in [0.15, 0.2) is 0 Å². The van der Waals surface area contributed by atoms with E-state index in [-0.39, 0.29) is 12.4 Å². The van der Waals surface area contributed by atoms with E-state index in [1.807, 2.05) is 31.2 Å². The predicted octanol–water partition coefficient (Wildman–Crippen LogP) is 2.43. The van der Waals surface area contributed by atoms with Crippen LogP contribution < -0.4 is 4.74 Å². The van der Waals surface area contributed by atoms with E-state index < -0.39 is 0 Å². The van der Waals surface area contributed by atoms with Crippen molar-refractivity contribution in [1.29, 1.82) is 0 Å². The highest BCUT2D eigenvalue weighted by molar-refractivity contribution is 5.85. The topological polar surface area (TPSA) is 9.23 Å². The van der Waals surface area contributed by atoms with Gasteiger partial charge >= 0.3 is 0 Å². The number of aryl methyl sites for hydroxylation is 1. The van der Waals surface area contributed by atoms with Crippen molar-refractivity contribution in [2.45, 2.75) is 6.92 Å². The summed E-state index contributed by atoms with van der Waals surface area (Å²) in [4.78, 5) is 0. The second-order valence-electron chi connectivity index (χ2n) is 2.02. The largest absolute Gasteiger partial charge is 0.497 e. The Kier molecular flexibility index (Phi) is 3.89. The lowest BCUT2D eigenvalue weighted by Crippen LogP contribution is -1.81. The summed E-state index contributed by atoms with van der Waals surface area (Å²) < 4.78 is 5.00. The van der Waals surface area contributed by atoms with E-state index in [1.54, 1.807) is 7.11 Å². The van der Waals surface area contributed by atoms with Crippen molar-refractivity contribution in [3.8, 4) is 5.75 Å². The quantitative estimate of drug-likeness (QED) is 0.610. The van der Waals surface area contributed by atoms with Crippen LogP contribution in [0, 0.1) is 6.92 Å². The van der Waals surface area contributed by atoms with Crippen LogP contribution in [0.2, 0.25) is 0 Å². The molecule has 0 unspecified atom stereocenters. The maximum absolute atomic E-state index is 5.00. The molecule has 0 atom stereocenters. The van der Waals surface area contributed by atoms with Crippen LogP contribution in [0.25, 0.3) is 0 Å². The normalized spacial score (nSPS) is 8.20. The van der Waals surface area contributed by atoms with E-state index in [2.05, 4.69) is 0 Å². The first-order chi connectivity index (χ1) is 4.33. The Balaban J connectivity index is 0.000000810. The zero-order valence-electron chi connectivity index (χ0n) is 6.13. The summed E-state index contributed by atoms with van der Waals surface area (Å²) in [5.74, 6) is 0.926. The molecule has 1 rings (SSSR count). The Morgan fingerprint density at radius 1 is 1.30 bits per heavy atom. The first-order valence-electron chi connectivity index (χ1n) is 2.93. The van der Waals surface area contributed by atoms with Gasteiger partial charge in [0, 0.05) is 0 Å². The summed E-state index contributed by atoms with van der Waals surface area (Å²) in [6.45, 7) is 2.04. The Bertz CT molecular complexity index is 198. The van der Waals surface area contributed by atoms with E-state index in [9.17, 15) is 0 Å². The Morgan fingerprint density at radius 2 is 2.00 bits per heavy atom. The fourth-order valence-electron chi connectivity index (χ4n) is 0.742. The molecule has 1 aromatic rings. The standard InChI is InChI=1S/C8H10O.ClH/c1-7-4-3-5-8(6-7)9-2;/h3-6H,1-2H3;1H. The highest BCUT2D eigenvalue weighted by Gasteiger charge is 1.86. The third-order valence-corrected chi connectivity index (χ3v) is 1.23. The van der Waals surface area contributed by atoms with Crippen LogP contribution >= 0.6 is 12.4 Å². The van der Waals surface area contributed by atoms with E-state index in [4.69, 9.17) is 4.74 Å². The van der Waals surface area contributed by atoms with Gasteiger partial charge in [0.1, 0.15) is 5.75 Å². The third kappa shape index (κ3) is 2.28. The molecule has 0 spiro atoms. The maximum Gasteiger partial charge on any atom is 0.119 e. The number of benzene rings is 1. The summed E-state index contributed by atoms with van der Waals surface area (Å²) >= 11 is 0. The minimum atomic E-state index is 0. The number of hydrogen-bond donors (Lipinski definition) is 0. The fraction of sp³-hybridized carbons (Fsp3) is 0.250. The van der Waals surface area contributed by atoms with E-state index >= 15 is 0 Å². The second kappa shape index (κ2) is 4.18. The zero-order valence-corrected chi connectivity index (χ0v) is 6.94. The van der Waals surface area contributed by atoms with Crippen LogP contribution in [0.5, 0.6) is 5.75 Å². The molecule has 0 heterocycles. The number of halogens is 1. The van der Waals surface area contributed by atoms with Crippen molar-refractivity contribution in [1.82, 2.24) is 0 Å². The molecule has 56 valence electrons. The van der Waals surface area contributed by atoms with Gasteiger partial charge in [-0.05, 0) is 24.6 Å². The molecule has 0 aliphatic heterocycles. The first-order valence-corrected chi connectivity index (χ1v) is 2.93. The SMILES string of the molecule is COc1cccc(C)c1.Cl. The van der Waals surface area contributed by atoms with Gasteiger partial charge in [0.2, 0.25) is 0 Å². The summed E-state index contributed by atoms with van der Waals surface area (Å²) in [6.07, 6.45) is 0. The zero-order chi connectivity index (χ0) is 6.69. The van der Waals surface area contributed by atoms with Gasteiger partial charge in [-0.25, -0.2) is 0 Å². The third-order valence-electron chi connectivity index (χ3n) is 1.23. The van der Waals surface area contributed by atoms with Crippen molar-refractivity contribution in [3.05, 3.63) is 29.8 Å². The molecule has 0 saturated heterocycles. The molecule has 0 aliphatic carbocycles. The molecule has 0 fully saturated rings. The number of ether oxygens (including phenoxy) is 1. The average Bonchev–Trinajstić information content (AvgIpc) is 1.88. The monoisotopic (exact) mass is 158 g/mol. The predicted molar refractivity (Wildman–Crippen MR) is 45.0 cm³/mol. The van der Waals surface area contributed by atoms with Crippen molar-refractivity contribution in [3.63, 3.8) is 0 Å². The Morgan fingerprint density at radius 3 is 2.40 bits per heavy atom. The summed E-state index contributed by atoms with van der Waals surface area (Å²) in [5.41, 5.74) is 1.23. The lowest BCUT2D eigenvalue weighted by atomic mass is 10.2. The van der Waals surface area contributed by atoms with Crippen LogP contribution in [-0.4, -0.2) is 7.11 Å². The van der Waals surface area contributed by atoms with Gasteiger partial charge in [-0.3, -0.25) is 0 Å². The van der Waals surface area contributed by atoms with Crippen LogP contribution in [0.1, 0.15) is 5.56 Å². The highest BCUT2D eigenvalue weighted by atomic mass is 35.5. The van der Waals surface area contributed by atoms with Crippen LogP contribution in [0.4, 0.5) is 0 Å². The van der Waals surface area contributed by atoms with Crippen LogP contribution in [0.3, 0.4) is 0 Å². The number of hydrogen-bond acceptors (Lipinski definition) is 1. The fourth-order valence-corrected chi connectivity index (χ4v) is 0.742. The van der Waals surface area contributed by atoms with Crippen molar-refractivity contribution in [2.75, 3.05) is 7.11 Å². The van der Waals surface area contributed by atoms with E-state index in [1.165, 1.54) is 5.56 Å². The van der Waals surface area contributed by atoms with Crippen LogP contribution in [0.15, 0.2) is 24.3 Å². The lowest BCUT2D eigenvalue weighted by Gasteiger charge is -1.97. The summed E-state index contributed by atoms with van der Waals surface area (Å²) in [5, 5.41) is 0. The average molecular weight is 159 g/mol. The molecule has 0 saturated carbocycles. The molecule has 10 heavy (non-hydrogen) atoms. The minimum Gasteiger partial charge on any atom is -0.497 e. The second-order valence-corrected chi connectivity index (χ2v) is 2.02. The minimum absolute atomic E-state index is 0. The first kappa shape index (κ1) is 9.31. The van der Waals surface area contributed by atoms with Crippen molar-refractivity contribution >= 4 is 12.4 Å². The van der Waals surface area contributed by atoms with Gasteiger partial charge < -0.3 is 4.74 Å². The van der Waals surface area contributed by atoms with Crippen LogP contribution in [-0.2, 0) is 0 Å². The molecule has 2 heteroatoms. The maximum atomic E-state index is 5.00. The number of methoxy groups -OCH3 is 1. The van der Waals surface area contributed by atoms with Crippen molar-refractivity contribution in [2.24, 2.45) is 0 Å². The molecule has 1 nitrogen and oxygen atoms in total.